The quantitative estimate of drug-likeness (QED) is 0.818. The smallest absolute Gasteiger partial charge is 0.129 e. The Morgan fingerprint density at radius 2 is 2.33 bits per heavy atom. The molecule has 1 N–H and O–H groups in total. The Kier molecular flexibility index (Phi) is 3.24. The van der Waals surface area contributed by atoms with Gasteiger partial charge in [-0.3, -0.25) is 0 Å². The number of hydrogen-bond donors (Lipinski definition) is 1. The van der Waals surface area contributed by atoms with Crippen LogP contribution in [-0.4, -0.2) is 11.0 Å². The summed E-state index contributed by atoms with van der Waals surface area (Å²) < 4.78 is 0. The fourth-order valence-electron chi connectivity index (χ4n) is 2.33. The highest BCUT2D eigenvalue weighted by Gasteiger charge is 2.18. The fraction of sp³-hybridized carbons (Fsp3) is 0.615. The van der Waals surface area contributed by atoms with Crippen LogP contribution in [0.5, 0.6) is 0 Å². The van der Waals surface area contributed by atoms with Crippen LogP contribution in [0, 0.1) is 0 Å². The van der Waals surface area contributed by atoms with Crippen molar-refractivity contribution in [2.45, 2.75) is 52.0 Å². The van der Waals surface area contributed by atoms with Gasteiger partial charge in [0.25, 0.3) is 0 Å². The van der Waals surface area contributed by atoms with Crippen molar-refractivity contribution in [3.63, 3.8) is 0 Å². The molecule has 0 saturated carbocycles. The molecule has 1 aromatic rings. The Labute approximate surface area is 92.1 Å². The number of hydrogen-bond acceptors (Lipinski definition) is 2. The molecule has 0 radical (unpaired) electrons. The van der Waals surface area contributed by atoms with E-state index >= 15 is 0 Å². The van der Waals surface area contributed by atoms with E-state index in [0.29, 0.717) is 6.04 Å². The number of aryl methyl sites for hydroxylation is 1. The first-order chi connectivity index (χ1) is 7.35. The second-order valence-corrected chi connectivity index (χ2v) is 4.34. The van der Waals surface area contributed by atoms with Crippen molar-refractivity contribution in [3.8, 4) is 0 Å². The summed E-state index contributed by atoms with van der Waals surface area (Å²) in [6.07, 6.45) is 7.99. The number of anilines is 1. The molecule has 2 heteroatoms. The van der Waals surface area contributed by atoms with E-state index < -0.39 is 0 Å². The van der Waals surface area contributed by atoms with E-state index in [4.69, 9.17) is 0 Å². The van der Waals surface area contributed by atoms with Gasteiger partial charge in [-0.05, 0) is 42.9 Å². The fourth-order valence-corrected chi connectivity index (χ4v) is 2.33. The van der Waals surface area contributed by atoms with Gasteiger partial charge in [-0.1, -0.05) is 20.3 Å². The topological polar surface area (TPSA) is 24.9 Å². The van der Waals surface area contributed by atoms with Gasteiger partial charge >= 0.3 is 0 Å². The third-order valence-electron chi connectivity index (χ3n) is 3.25. The summed E-state index contributed by atoms with van der Waals surface area (Å²) in [6, 6.07) is 2.80. The lowest BCUT2D eigenvalue weighted by Gasteiger charge is -2.26. The molecular formula is C13H20N2. The average molecular weight is 204 g/mol. The predicted octanol–water partition coefficient (Wildman–Crippen LogP) is 3.17. The van der Waals surface area contributed by atoms with Crippen molar-refractivity contribution < 1.29 is 0 Å². The van der Waals surface area contributed by atoms with Crippen molar-refractivity contribution in [2.75, 3.05) is 5.32 Å². The maximum absolute atomic E-state index is 4.45. The average Bonchev–Trinajstić information content (AvgIpc) is 2.29. The summed E-state index contributed by atoms with van der Waals surface area (Å²) in [6.45, 7) is 4.47. The lowest BCUT2D eigenvalue weighted by Crippen LogP contribution is -2.26. The molecule has 0 amide bonds. The van der Waals surface area contributed by atoms with Gasteiger partial charge < -0.3 is 5.32 Å². The van der Waals surface area contributed by atoms with Crippen molar-refractivity contribution in [2.24, 2.45) is 0 Å². The van der Waals surface area contributed by atoms with E-state index in [1.165, 1.54) is 43.2 Å². The zero-order valence-electron chi connectivity index (χ0n) is 9.71. The van der Waals surface area contributed by atoms with Crippen LogP contribution in [0.4, 0.5) is 5.82 Å². The maximum Gasteiger partial charge on any atom is 0.129 e. The number of nitrogens with one attached hydrogen (secondary N) is 1. The normalized spacial score (nSPS) is 19.5. The van der Waals surface area contributed by atoms with Gasteiger partial charge in [0.15, 0.2) is 0 Å². The Hall–Kier alpha value is -1.05. The molecule has 0 fully saturated rings. The summed E-state index contributed by atoms with van der Waals surface area (Å²) in [5, 5.41) is 3.53. The molecule has 0 unspecified atom stereocenters. The molecule has 2 rings (SSSR count). The van der Waals surface area contributed by atoms with Crippen LogP contribution in [-0.2, 0) is 12.8 Å². The molecule has 0 spiro atoms. The molecule has 0 aliphatic carbocycles. The molecule has 2 heterocycles. The lowest BCUT2D eigenvalue weighted by atomic mass is 9.94. The van der Waals surface area contributed by atoms with Crippen LogP contribution in [0.2, 0.25) is 0 Å². The van der Waals surface area contributed by atoms with Gasteiger partial charge in [0, 0.05) is 12.2 Å². The van der Waals surface area contributed by atoms with Gasteiger partial charge in [0.1, 0.15) is 5.82 Å². The summed E-state index contributed by atoms with van der Waals surface area (Å²) >= 11 is 0. The summed E-state index contributed by atoms with van der Waals surface area (Å²) in [5.74, 6) is 1.14. The Morgan fingerprint density at radius 3 is 3.07 bits per heavy atom. The molecule has 0 saturated heterocycles. The van der Waals surface area contributed by atoms with E-state index in [9.17, 15) is 0 Å². The predicted molar refractivity (Wildman–Crippen MR) is 64.3 cm³/mol. The molecule has 1 aliphatic heterocycles. The Morgan fingerprint density at radius 1 is 1.47 bits per heavy atom. The van der Waals surface area contributed by atoms with Gasteiger partial charge in [-0.15, -0.1) is 0 Å². The van der Waals surface area contributed by atoms with E-state index in [2.05, 4.69) is 30.2 Å². The first kappa shape index (κ1) is 10.5. The summed E-state index contributed by atoms with van der Waals surface area (Å²) in [5.41, 5.74) is 2.95. The minimum atomic E-state index is 0.627. The second kappa shape index (κ2) is 4.65. The first-order valence-corrected chi connectivity index (χ1v) is 6.08. The molecule has 82 valence electrons. The molecule has 0 bridgehead atoms. The summed E-state index contributed by atoms with van der Waals surface area (Å²) in [4.78, 5) is 4.45. The maximum atomic E-state index is 4.45. The summed E-state index contributed by atoms with van der Waals surface area (Å²) in [7, 11) is 0. The minimum Gasteiger partial charge on any atom is -0.367 e. The monoisotopic (exact) mass is 204 g/mol. The molecule has 0 aromatic carbocycles. The highest BCUT2D eigenvalue weighted by molar-refractivity contribution is 5.51. The largest absolute Gasteiger partial charge is 0.367 e. The zero-order chi connectivity index (χ0) is 10.7. The van der Waals surface area contributed by atoms with Gasteiger partial charge in [0.2, 0.25) is 0 Å². The van der Waals surface area contributed by atoms with Crippen LogP contribution in [0.3, 0.4) is 0 Å². The van der Waals surface area contributed by atoms with Gasteiger partial charge in [-0.25, -0.2) is 4.98 Å². The molecule has 15 heavy (non-hydrogen) atoms. The van der Waals surface area contributed by atoms with Crippen LogP contribution in [0.1, 0.15) is 44.2 Å². The van der Waals surface area contributed by atoms with Gasteiger partial charge in [0.05, 0.1) is 0 Å². The van der Waals surface area contributed by atoms with Crippen LogP contribution < -0.4 is 5.32 Å². The molecule has 2 nitrogen and oxygen atoms in total. The van der Waals surface area contributed by atoms with Crippen LogP contribution in [0.25, 0.3) is 0 Å². The van der Waals surface area contributed by atoms with E-state index in [1.54, 1.807) is 0 Å². The molecular weight excluding hydrogens is 184 g/mol. The molecule has 1 aromatic heterocycles. The van der Waals surface area contributed by atoms with Crippen molar-refractivity contribution in [1.29, 1.82) is 0 Å². The third kappa shape index (κ3) is 2.14. The van der Waals surface area contributed by atoms with Crippen molar-refractivity contribution >= 4 is 5.82 Å². The lowest BCUT2D eigenvalue weighted by molar-refractivity contribution is 0.605. The molecule has 1 aliphatic rings. The van der Waals surface area contributed by atoms with Crippen LogP contribution in [0.15, 0.2) is 12.3 Å². The SMILES string of the molecule is CCCc1ccnc2c1CC[C@H](CC)N2. The van der Waals surface area contributed by atoms with E-state index in [1.807, 2.05) is 6.20 Å². The number of rotatable bonds is 3. The van der Waals surface area contributed by atoms with E-state index in [-0.39, 0.29) is 0 Å². The number of fused-ring (bicyclic) bond motifs is 1. The van der Waals surface area contributed by atoms with Gasteiger partial charge in [-0.2, -0.15) is 0 Å². The third-order valence-corrected chi connectivity index (χ3v) is 3.25. The Bertz CT molecular complexity index is 333. The highest BCUT2D eigenvalue weighted by Crippen LogP contribution is 2.27. The second-order valence-electron chi connectivity index (χ2n) is 4.34. The zero-order valence-corrected chi connectivity index (χ0v) is 9.71. The first-order valence-electron chi connectivity index (χ1n) is 6.08. The standard InChI is InChI=1S/C13H20N2/c1-3-5-10-8-9-14-13-12(10)7-6-11(4-2)15-13/h8-9,11H,3-7H2,1-2H3,(H,14,15)/t11-/m0/s1. The number of aromatic nitrogens is 1. The van der Waals surface area contributed by atoms with E-state index in [0.717, 1.165) is 5.82 Å². The Balaban J connectivity index is 2.25. The van der Waals surface area contributed by atoms with Crippen LogP contribution >= 0.6 is 0 Å². The van der Waals surface area contributed by atoms with Crippen molar-refractivity contribution in [3.05, 3.63) is 23.4 Å². The number of pyridine rings is 1. The highest BCUT2D eigenvalue weighted by atomic mass is 15.0. The number of nitrogens with zero attached hydrogens (tertiary/aromatic N) is 1. The molecule has 1 atom stereocenters. The minimum absolute atomic E-state index is 0.627. The van der Waals surface area contributed by atoms with Crippen molar-refractivity contribution in [1.82, 2.24) is 4.98 Å².